The molecule has 5 heteroatoms. The van der Waals surface area contributed by atoms with Gasteiger partial charge in [0.05, 0.1) is 19.5 Å². The highest BCUT2D eigenvalue weighted by Gasteiger charge is 2.39. The molecule has 0 saturated carbocycles. The van der Waals surface area contributed by atoms with Gasteiger partial charge in [0.2, 0.25) is 0 Å². The van der Waals surface area contributed by atoms with Crippen LogP contribution in [0.3, 0.4) is 0 Å². The Hall–Kier alpha value is -1.85. The molecular formula is C18H27NO4. The predicted molar refractivity (Wildman–Crippen MR) is 92.7 cm³/mol. The van der Waals surface area contributed by atoms with Crippen LogP contribution in [0.25, 0.3) is 6.08 Å². The van der Waals surface area contributed by atoms with Crippen molar-refractivity contribution in [2.75, 3.05) is 31.2 Å². The Kier molecular flexibility index (Phi) is 8.37. The number of anilines is 1. The van der Waals surface area contributed by atoms with Gasteiger partial charge in [-0.3, -0.25) is 0 Å². The smallest absolute Gasteiger partial charge is 0.171 e. The zero-order valence-corrected chi connectivity index (χ0v) is 14.0. The largest absolute Gasteiger partial charge is 0.516 e. The first kappa shape index (κ1) is 19.2. The molecule has 0 unspecified atom stereocenters. The van der Waals surface area contributed by atoms with Crippen LogP contribution in [0.4, 0.5) is 5.69 Å². The van der Waals surface area contributed by atoms with E-state index in [1.54, 1.807) is 6.08 Å². The van der Waals surface area contributed by atoms with Crippen molar-refractivity contribution in [2.24, 2.45) is 0 Å². The number of carbonyl (C=O) groups excluding carboxylic acids is 1. The third-order valence-electron chi connectivity index (χ3n) is 3.86. The lowest BCUT2D eigenvalue weighted by molar-refractivity contribution is -0.169. The lowest BCUT2D eigenvalue weighted by atomic mass is 10.0. The van der Waals surface area contributed by atoms with Gasteiger partial charge in [-0.1, -0.05) is 26.0 Å². The van der Waals surface area contributed by atoms with Crippen molar-refractivity contribution >= 4 is 18.6 Å². The van der Waals surface area contributed by atoms with Crippen molar-refractivity contribution in [3.63, 3.8) is 0 Å². The van der Waals surface area contributed by atoms with Gasteiger partial charge in [-0.05, 0) is 23.8 Å². The molecule has 2 saturated heterocycles. The van der Waals surface area contributed by atoms with E-state index in [9.17, 15) is 0 Å². The third kappa shape index (κ3) is 5.08. The molecule has 0 bridgehead atoms. The van der Waals surface area contributed by atoms with Crippen LogP contribution in [-0.2, 0) is 14.3 Å². The lowest BCUT2D eigenvalue weighted by Crippen LogP contribution is -2.45. The van der Waals surface area contributed by atoms with E-state index in [1.807, 2.05) is 32.8 Å². The third-order valence-corrected chi connectivity index (χ3v) is 3.86. The van der Waals surface area contributed by atoms with E-state index in [2.05, 4.69) is 17.0 Å². The molecule has 1 spiro atoms. The highest BCUT2D eigenvalue weighted by molar-refractivity contribution is 5.55. The maximum absolute atomic E-state index is 8.74. The van der Waals surface area contributed by atoms with Gasteiger partial charge in [0.15, 0.2) is 5.79 Å². The Morgan fingerprint density at radius 2 is 1.61 bits per heavy atom. The molecule has 1 aromatic rings. The summed E-state index contributed by atoms with van der Waals surface area (Å²) in [7, 11) is 0. The molecule has 0 aromatic heterocycles. The standard InChI is InChI=1S/C15H19NO3.C2H6.CH2O/c17-10-5-13-1-3-14(4-2-13)16-8-6-15(7-9-16)18-11-12-19-15;2*1-2/h1-5,10,17H,6-9,11-12H2;1-2H3;1H2/b10-5+;;. The van der Waals surface area contributed by atoms with Crippen molar-refractivity contribution in [1.82, 2.24) is 0 Å². The predicted octanol–water partition coefficient (Wildman–Crippen LogP) is 3.40. The van der Waals surface area contributed by atoms with Crippen LogP contribution in [0.2, 0.25) is 0 Å². The molecule has 128 valence electrons. The van der Waals surface area contributed by atoms with E-state index in [4.69, 9.17) is 19.4 Å². The summed E-state index contributed by atoms with van der Waals surface area (Å²) in [5.41, 5.74) is 2.21. The molecule has 0 aliphatic carbocycles. The van der Waals surface area contributed by atoms with Crippen LogP contribution >= 0.6 is 0 Å². The second-order valence-corrected chi connectivity index (χ2v) is 5.00. The topological polar surface area (TPSA) is 59.0 Å². The van der Waals surface area contributed by atoms with Gasteiger partial charge < -0.3 is 24.3 Å². The van der Waals surface area contributed by atoms with Gasteiger partial charge >= 0.3 is 0 Å². The fraction of sp³-hybridized carbons (Fsp3) is 0.500. The number of hydrogen-bond donors (Lipinski definition) is 1. The van der Waals surface area contributed by atoms with Crippen LogP contribution in [0.1, 0.15) is 32.3 Å². The molecule has 23 heavy (non-hydrogen) atoms. The molecule has 3 rings (SSSR count). The summed E-state index contributed by atoms with van der Waals surface area (Å²) in [5, 5.41) is 8.74. The Bertz CT molecular complexity index is 456. The van der Waals surface area contributed by atoms with E-state index < -0.39 is 0 Å². The van der Waals surface area contributed by atoms with E-state index in [0.717, 1.165) is 51.0 Å². The monoisotopic (exact) mass is 321 g/mol. The average Bonchev–Trinajstić information content (AvgIpc) is 3.08. The van der Waals surface area contributed by atoms with Crippen molar-refractivity contribution in [3.8, 4) is 0 Å². The highest BCUT2D eigenvalue weighted by atomic mass is 16.7. The quantitative estimate of drug-likeness (QED) is 0.846. The lowest BCUT2D eigenvalue weighted by Gasteiger charge is -2.38. The van der Waals surface area contributed by atoms with Gasteiger partial charge in [0.1, 0.15) is 6.79 Å². The van der Waals surface area contributed by atoms with Crippen LogP contribution in [0.5, 0.6) is 0 Å². The number of ether oxygens (including phenoxy) is 2. The number of aliphatic hydroxyl groups is 1. The molecule has 1 aromatic carbocycles. The minimum absolute atomic E-state index is 0.309. The highest BCUT2D eigenvalue weighted by Crippen LogP contribution is 2.33. The first-order valence-corrected chi connectivity index (χ1v) is 8.04. The molecule has 0 atom stereocenters. The molecule has 0 radical (unpaired) electrons. The molecule has 0 amide bonds. The van der Waals surface area contributed by atoms with Crippen molar-refractivity contribution < 1.29 is 19.4 Å². The van der Waals surface area contributed by atoms with Gasteiger partial charge in [-0.25, -0.2) is 0 Å². The Morgan fingerprint density at radius 3 is 2.09 bits per heavy atom. The molecule has 2 aliphatic heterocycles. The number of hydrogen-bond acceptors (Lipinski definition) is 5. The van der Waals surface area contributed by atoms with Crippen LogP contribution in [-0.4, -0.2) is 44.0 Å². The minimum Gasteiger partial charge on any atom is -0.516 e. The molecule has 2 fully saturated rings. The van der Waals surface area contributed by atoms with Crippen LogP contribution in [0.15, 0.2) is 30.5 Å². The van der Waals surface area contributed by atoms with Crippen molar-refractivity contribution in [2.45, 2.75) is 32.5 Å². The number of carbonyl (C=O) groups is 1. The molecule has 1 N–H and O–H groups in total. The maximum atomic E-state index is 8.74. The first-order chi connectivity index (χ1) is 11.3. The van der Waals surface area contributed by atoms with Crippen molar-refractivity contribution in [1.29, 1.82) is 0 Å². The number of piperidine rings is 1. The SMILES string of the molecule is C=O.CC.O/C=C/c1ccc(N2CCC3(CC2)OCCO3)cc1. The average molecular weight is 321 g/mol. The van der Waals surface area contributed by atoms with E-state index in [0.29, 0.717) is 0 Å². The molecule has 2 heterocycles. The summed E-state index contributed by atoms with van der Waals surface area (Å²) in [6.45, 7) is 9.36. The van der Waals surface area contributed by atoms with Gasteiger partial charge in [-0.2, -0.15) is 0 Å². The van der Waals surface area contributed by atoms with Crippen molar-refractivity contribution in [3.05, 3.63) is 36.1 Å². The summed E-state index contributed by atoms with van der Waals surface area (Å²) >= 11 is 0. The summed E-state index contributed by atoms with van der Waals surface area (Å²) in [6.07, 6.45) is 4.58. The van der Waals surface area contributed by atoms with E-state index in [-0.39, 0.29) is 5.79 Å². The van der Waals surface area contributed by atoms with Gasteiger partial charge in [0, 0.05) is 31.6 Å². The zero-order valence-electron chi connectivity index (χ0n) is 14.0. The zero-order chi connectivity index (χ0) is 17.1. The van der Waals surface area contributed by atoms with Crippen LogP contribution < -0.4 is 4.90 Å². The second-order valence-electron chi connectivity index (χ2n) is 5.00. The van der Waals surface area contributed by atoms with Gasteiger partial charge in [0.25, 0.3) is 0 Å². The van der Waals surface area contributed by atoms with E-state index in [1.165, 1.54) is 5.69 Å². The Balaban J connectivity index is 0.000000615. The summed E-state index contributed by atoms with van der Waals surface area (Å²) < 4.78 is 11.5. The summed E-state index contributed by atoms with van der Waals surface area (Å²) in [5.74, 6) is -0.309. The minimum atomic E-state index is -0.309. The summed E-state index contributed by atoms with van der Waals surface area (Å²) in [6, 6.07) is 8.19. The Morgan fingerprint density at radius 1 is 1.09 bits per heavy atom. The Labute approximate surface area is 138 Å². The second kappa shape index (κ2) is 10.0. The first-order valence-electron chi connectivity index (χ1n) is 8.04. The fourth-order valence-corrected chi connectivity index (χ4v) is 2.77. The fourth-order valence-electron chi connectivity index (χ4n) is 2.77. The number of rotatable bonds is 2. The summed E-state index contributed by atoms with van der Waals surface area (Å²) in [4.78, 5) is 10.3. The van der Waals surface area contributed by atoms with Crippen LogP contribution in [0, 0.1) is 0 Å². The number of benzene rings is 1. The number of aliphatic hydroxyl groups excluding tert-OH is 1. The molecule has 5 nitrogen and oxygen atoms in total. The number of nitrogens with zero attached hydrogens (tertiary/aromatic N) is 1. The molecular weight excluding hydrogens is 294 g/mol. The van der Waals surface area contributed by atoms with Gasteiger partial charge in [-0.15, -0.1) is 0 Å². The molecule has 2 aliphatic rings. The maximum Gasteiger partial charge on any atom is 0.171 e. The normalized spacial score (nSPS) is 19.0. The van der Waals surface area contributed by atoms with E-state index >= 15 is 0 Å².